The third-order valence-electron chi connectivity index (χ3n) is 4.13. The van der Waals surface area contributed by atoms with Gasteiger partial charge in [-0.2, -0.15) is 4.31 Å². The minimum absolute atomic E-state index is 0.0305. The first-order chi connectivity index (χ1) is 13.8. The molecule has 0 fully saturated rings. The number of nitro groups is 1. The molecule has 2 aromatic rings. The van der Waals surface area contributed by atoms with Crippen molar-refractivity contribution in [3.05, 3.63) is 64.2 Å². The highest BCUT2D eigenvalue weighted by Gasteiger charge is 2.21. The van der Waals surface area contributed by atoms with E-state index >= 15 is 0 Å². The van der Waals surface area contributed by atoms with Gasteiger partial charge in [-0.3, -0.25) is 14.9 Å². The number of nitro benzene ring substituents is 1. The number of nitrogens with one attached hydrogen (secondary N) is 1. The number of amides is 1. The number of thioether (sulfide) groups is 1. The zero-order valence-corrected chi connectivity index (χ0v) is 17.8. The molecule has 0 aliphatic rings. The molecule has 0 unspecified atom stereocenters. The fourth-order valence-corrected chi connectivity index (χ4v) is 4.84. The number of sulfonamides is 1. The van der Waals surface area contributed by atoms with Crippen LogP contribution in [-0.4, -0.2) is 42.4 Å². The molecule has 29 heavy (non-hydrogen) atoms. The average Bonchev–Trinajstić information content (AvgIpc) is 2.69. The van der Waals surface area contributed by atoms with Gasteiger partial charge in [-0.25, -0.2) is 8.42 Å². The molecular weight excluding hydrogens is 414 g/mol. The predicted octanol–water partition coefficient (Wildman–Crippen LogP) is 3.50. The van der Waals surface area contributed by atoms with Crippen LogP contribution in [0.15, 0.2) is 53.4 Å². The van der Waals surface area contributed by atoms with E-state index < -0.39 is 14.9 Å². The molecule has 0 aromatic heterocycles. The van der Waals surface area contributed by atoms with Gasteiger partial charge in [-0.05, 0) is 29.8 Å². The topological polar surface area (TPSA) is 110 Å². The van der Waals surface area contributed by atoms with Crippen LogP contribution in [0.2, 0.25) is 0 Å². The van der Waals surface area contributed by atoms with Gasteiger partial charge in [0.05, 0.1) is 15.6 Å². The molecule has 1 amide bonds. The van der Waals surface area contributed by atoms with Gasteiger partial charge >= 0.3 is 0 Å². The first kappa shape index (κ1) is 22.9. The molecule has 156 valence electrons. The normalized spacial score (nSPS) is 11.4. The predicted molar refractivity (Wildman–Crippen MR) is 114 cm³/mol. The molecule has 0 aliphatic heterocycles. The van der Waals surface area contributed by atoms with E-state index in [1.165, 1.54) is 40.3 Å². The van der Waals surface area contributed by atoms with Crippen LogP contribution in [0.1, 0.15) is 19.4 Å². The van der Waals surface area contributed by atoms with Crippen LogP contribution in [0.25, 0.3) is 0 Å². The molecule has 0 bridgehead atoms. The molecule has 0 saturated heterocycles. The number of hydrogen-bond donors (Lipinski definition) is 1. The van der Waals surface area contributed by atoms with Crippen LogP contribution < -0.4 is 5.32 Å². The van der Waals surface area contributed by atoms with E-state index in [2.05, 4.69) is 5.32 Å². The maximum atomic E-state index is 12.5. The lowest BCUT2D eigenvalue weighted by Gasteiger charge is -2.18. The first-order valence-corrected chi connectivity index (χ1v) is 11.6. The van der Waals surface area contributed by atoms with Crippen LogP contribution in [0.4, 0.5) is 11.4 Å². The summed E-state index contributed by atoms with van der Waals surface area (Å²) in [5, 5.41) is 13.4. The van der Waals surface area contributed by atoms with E-state index in [-0.39, 0.29) is 22.2 Å². The second-order valence-corrected chi connectivity index (χ2v) is 9.00. The van der Waals surface area contributed by atoms with Crippen LogP contribution in [0.5, 0.6) is 0 Å². The number of hydrogen-bond acceptors (Lipinski definition) is 6. The minimum Gasteiger partial charge on any atom is -0.325 e. The lowest BCUT2D eigenvalue weighted by atomic mass is 10.2. The smallest absolute Gasteiger partial charge is 0.269 e. The average molecular weight is 438 g/mol. The van der Waals surface area contributed by atoms with Crippen molar-refractivity contribution in [2.75, 3.05) is 24.2 Å². The van der Waals surface area contributed by atoms with Crippen molar-refractivity contribution in [2.45, 2.75) is 24.5 Å². The van der Waals surface area contributed by atoms with Crippen LogP contribution in [0, 0.1) is 10.1 Å². The Kier molecular flexibility index (Phi) is 8.18. The summed E-state index contributed by atoms with van der Waals surface area (Å²) in [4.78, 5) is 22.5. The molecule has 0 saturated carbocycles. The largest absolute Gasteiger partial charge is 0.325 e. The minimum atomic E-state index is -3.53. The Labute approximate surface area is 174 Å². The summed E-state index contributed by atoms with van der Waals surface area (Å²) in [5.74, 6) is 0.541. The second kappa shape index (κ2) is 10.4. The van der Waals surface area contributed by atoms with E-state index in [9.17, 15) is 23.3 Å². The molecule has 2 aromatic carbocycles. The van der Waals surface area contributed by atoms with Gasteiger partial charge in [0.1, 0.15) is 0 Å². The van der Waals surface area contributed by atoms with E-state index in [4.69, 9.17) is 0 Å². The zero-order valence-electron chi connectivity index (χ0n) is 16.2. The Morgan fingerprint density at radius 2 is 1.66 bits per heavy atom. The molecule has 0 radical (unpaired) electrons. The van der Waals surface area contributed by atoms with Gasteiger partial charge in [0.2, 0.25) is 15.9 Å². The van der Waals surface area contributed by atoms with Crippen molar-refractivity contribution in [1.29, 1.82) is 0 Å². The Morgan fingerprint density at radius 3 is 2.17 bits per heavy atom. The Hall–Kier alpha value is -2.43. The van der Waals surface area contributed by atoms with Gasteiger partial charge in [0, 0.05) is 36.7 Å². The third kappa shape index (κ3) is 6.28. The van der Waals surface area contributed by atoms with Crippen molar-refractivity contribution in [2.24, 2.45) is 0 Å². The molecular formula is C19H23N3O5S2. The molecule has 0 spiro atoms. The van der Waals surface area contributed by atoms with E-state index in [0.717, 1.165) is 5.56 Å². The van der Waals surface area contributed by atoms with Crippen LogP contribution in [-0.2, 0) is 20.6 Å². The fourth-order valence-electron chi connectivity index (χ4n) is 2.60. The quantitative estimate of drug-likeness (QED) is 0.450. The Bertz CT molecular complexity index is 941. The summed E-state index contributed by atoms with van der Waals surface area (Å²) in [6.07, 6.45) is 0. The van der Waals surface area contributed by atoms with Gasteiger partial charge in [-0.15, -0.1) is 11.8 Å². The maximum Gasteiger partial charge on any atom is 0.269 e. The second-order valence-electron chi connectivity index (χ2n) is 6.08. The van der Waals surface area contributed by atoms with Crippen LogP contribution >= 0.6 is 11.8 Å². The van der Waals surface area contributed by atoms with Gasteiger partial charge in [0.15, 0.2) is 0 Å². The van der Waals surface area contributed by atoms with Gasteiger partial charge < -0.3 is 5.32 Å². The Balaban J connectivity index is 1.87. The summed E-state index contributed by atoms with van der Waals surface area (Å²) in [6.45, 7) is 4.35. The molecule has 1 N–H and O–H groups in total. The van der Waals surface area contributed by atoms with Crippen molar-refractivity contribution < 1.29 is 18.1 Å². The number of rotatable bonds is 10. The molecule has 0 heterocycles. The summed E-state index contributed by atoms with van der Waals surface area (Å²) >= 11 is 1.38. The molecule has 10 heteroatoms. The summed E-state index contributed by atoms with van der Waals surface area (Å²) in [6, 6.07) is 12.3. The van der Waals surface area contributed by atoms with Crippen molar-refractivity contribution >= 4 is 39.1 Å². The van der Waals surface area contributed by atoms with E-state index in [1.54, 1.807) is 38.1 Å². The van der Waals surface area contributed by atoms with Gasteiger partial charge in [0.25, 0.3) is 5.69 Å². The lowest BCUT2D eigenvalue weighted by Crippen LogP contribution is -2.30. The Morgan fingerprint density at radius 1 is 1.07 bits per heavy atom. The standard InChI is InChI=1S/C19H23N3O5S2/c1-3-21(4-2)29(26,27)18-11-7-16(8-12-18)20-19(23)14-28-13-15-5-9-17(10-6-15)22(24)25/h5-12H,3-4,13-14H2,1-2H3,(H,20,23). The summed E-state index contributed by atoms with van der Waals surface area (Å²) in [5.41, 5.74) is 1.44. The number of carbonyl (C=O) groups excluding carboxylic acids is 1. The van der Waals surface area contributed by atoms with E-state index in [0.29, 0.717) is 24.5 Å². The highest BCUT2D eigenvalue weighted by atomic mass is 32.2. The SMILES string of the molecule is CCN(CC)S(=O)(=O)c1ccc(NC(=O)CSCc2ccc([N+](=O)[O-])cc2)cc1. The number of nitrogens with zero attached hydrogens (tertiary/aromatic N) is 2. The lowest BCUT2D eigenvalue weighted by molar-refractivity contribution is -0.384. The number of non-ortho nitro benzene ring substituents is 1. The molecule has 2 rings (SSSR count). The monoisotopic (exact) mass is 437 g/mol. The number of carbonyl (C=O) groups is 1. The summed E-state index contributed by atoms with van der Waals surface area (Å²) < 4.78 is 26.3. The maximum absolute atomic E-state index is 12.5. The summed E-state index contributed by atoms with van der Waals surface area (Å²) in [7, 11) is -3.53. The van der Waals surface area contributed by atoms with Gasteiger partial charge in [-0.1, -0.05) is 26.0 Å². The zero-order chi connectivity index (χ0) is 21.4. The molecule has 8 nitrogen and oxygen atoms in total. The van der Waals surface area contributed by atoms with Crippen molar-refractivity contribution in [1.82, 2.24) is 4.31 Å². The third-order valence-corrected chi connectivity index (χ3v) is 7.20. The molecule has 0 atom stereocenters. The number of benzene rings is 2. The fraction of sp³-hybridized carbons (Fsp3) is 0.316. The van der Waals surface area contributed by atoms with Crippen LogP contribution in [0.3, 0.4) is 0 Å². The van der Waals surface area contributed by atoms with E-state index in [1.807, 2.05) is 0 Å². The number of anilines is 1. The van der Waals surface area contributed by atoms with Crippen molar-refractivity contribution in [3.8, 4) is 0 Å². The highest BCUT2D eigenvalue weighted by Crippen LogP contribution is 2.19. The van der Waals surface area contributed by atoms with Crippen molar-refractivity contribution in [3.63, 3.8) is 0 Å². The first-order valence-electron chi connectivity index (χ1n) is 8.99. The molecule has 0 aliphatic carbocycles. The highest BCUT2D eigenvalue weighted by molar-refractivity contribution is 7.99.